The molecule has 1 aliphatic heterocycles. The van der Waals surface area contributed by atoms with Crippen molar-refractivity contribution in [1.82, 2.24) is 9.88 Å². The van der Waals surface area contributed by atoms with Crippen LogP contribution in [0.25, 0.3) is 11.3 Å². The molecule has 0 unspecified atom stereocenters. The summed E-state index contributed by atoms with van der Waals surface area (Å²) in [6.45, 7) is 3.47. The summed E-state index contributed by atoms with van der Waals surface area (Å²) in [5, 5.41) is 3.17. The summed E-state index contributed by atoms with van der Waals surface area (Å²) in [6, 6.07) is 15.3. The molecule has 0 fully saturated rings. The zero-order valence-electron chi connectivity index (χ0n) is 15.3. The molecule has 140 valence electrons. The molecule has 0 saturated heterocycles. The second-order valence-corrected chi connectivity index (χ2v) is 7.68. The van der Waals surface area contributed by atoms with Crippen molar-refractivity contribution in [1.29, 1.82) is 0 Å². The van der Waals surface area contributed by atoms with Crippen LogP contribution in [0, 0.1) is 6.92 Å². The number of aromatic nitrogens is 1. The highest BCUT2D eigenvalue weighted by Gasteiger charge is 2.40. The summed E-state index contributed by atoms with van der Waals surface area (Å²) in [4.78, 5) is 44.3. The number of rotatable bonds is 4. The minimum absolute atomic E-state index is 0.323. The zero-order chi connectivity index (χ0) is 19.8. The van der Waals surface area contributed by atoms with Crippen molar-refractivity contribution < 1.29 is 14.4 Å². The van der Waals surface area contributed by atoms with Gasteiger partial charge in [-0.1, -0.05) is 42.5 Å². The number of fused-ring (bicyclic) bond motifs is 1. The van der Waals surface area contributed by atoms with Crippen LogP contribution in [0.5, 0.6) is 0 Å². The van der Waals surface area contributed by atoms with Crippen molar-refractivity contribution in [2.45, 2.75) is 19.9 Å². The SMILES string of the molecule is Cc1sc(NC(=O)[C@@H](C)N2C(=O)c3ccccc3C2=O)nc1-c1ccccc1. The van der Waals surface area contributed by atoms with Gasteiger partial charge in [0.05, 0.1) is 16.8 Å². The largest absolute Gasteiger partial charge is 0.300 e. The van der Waals surface area contributed by atoms with Gasteiger partial charge in [0.1, 0.15) is 6.04 Å². The molecule has 3 amide bonds. The number of aryl methyl sites for hydroxylation is 1. The molecule has 7 heteroatoms. The number of benzene rings is 2. The van der Waals surface area contributed by atoms with E-state index in [-0.39, 0.29) is 0 Å². The maximum Gasteiger partial charge on any atom is 0.262 e. The third-order valence-corrected chi connectivity index (χ3v) is 5.55. The first kappa shape index (κ1) is 18.1. The summed E-state index contributed by atoms with van der Waals surface area (Å²) < 4.78 is 0. The average molecular weight is 391 g/mol. The van der Waals surface area contributed by atoms with Gasteiger partial charge in [0, 0.05) is 10.4 Å². The molecule has 2 aromatic carbocycles. The van der Waals surface area contributed by atoms with Gasteiger partial charge in [0.25, 0.3) is 11.8 Å². The maximum atomic E-state index is 12.7. The van der Waals surface area contributed by atoms with E-state index in [4.69, 9.17) is 0 Å². The highest BCUT2D eigenvalue weighted by Crippen LogP contribution is 2.31. The number of thiazole rings is 1. The van der Waals surface area contributed by atoms with Crippen LogP contribution in [0.3, 0.4) is 0 Å². The first-order chi connectivity index (χ1) is 13.5. The predicted molar refractivity (Wildman–Crippen MR) is 107 cm³/mol. The van der Waals surface area contributed by atoms with E-state index in [1.165, 1.54) is 18.3 Å². The van der Waals surface area contributed by atoms with Gasteiger partial charge in [-0.25, -0.2) is 4.98 Å². The Balaban J connectivity index is 1.54. The van der Waals surface area contributed by atoms with Gasteiger partial charge in [-0.2, -0.15) is 0 Å². The highest BCUT2D eigenvalue weighted by molar-refractivity contribution is 7.16. The average Bonchev–Trinajstić information content (AvgIpc) is 3.19. The number of imide groups is 1. The molecule has 1 aromatic heterocycles. The molecule has 0 bridgehead atoms. The highest BCUT2D eigenvalue weighted by atomic mass is 32.1. The quantitative estimate of drug-likeness (QED) is 0.687. The van der Waals surface area contributed by atoms with Gasteiger partial charge in [0.2, 0.25) is 5.91 Å². The van der Waals surface area contributed by atoms with Crippen LogP contribution in [-0.4, -0.2) is 33.6 Å². The molecule has 1 atom stereocenters. The van der Waals surface area contributed by atoms with Gasteiger partial charge in [-0.3, -0.25) is 19.3 Å². The Morgan fingerprint density at radius 3 is 2.18 bits per heavy atom. The van der Waals surface area contributed by atoms with Crippen LogP contribution < -0.4 is 5.32 Å². The third-order valence-electron chi connectivity index (χ3n) is 4.67. The van der Waals surface area contributed by atoms with Crippen LogP contribution in [0.15, 0.2) is 54.6 Å². The fourth-order valence-corrected chi connectivity index (χ4v) is 4.04. The molecule has 28 heavy (non-hydrogen) atoms. The van der Waals surface area contributed by atoms with Gasteiger partial charge in [-0.05, 0) is 26.0 Å². The van der Waals surface area contributed by atoms with E-state index in [1.807, 2.05) is 37.3 Å². The number of nitrogens with zero attached hydrogens (tertiary/aromatic N) is 2. The standard InChI is InChI=1S/C21H17N3O3S/c1-12(24-19(26)15-10-6-7-11-16(15)20(24)27)18(25)23-21-22-17(13(2)28-21)14-8-4-3-5-9-14/h3-12H,1-2H3,(H,22,23,25)/t12-/m1/s1. The Hall–Kier alpha value is -3.32. The molecule has 0 radical (unpaired) electrons. The minimum Gasteiger partial charge on any atom is -0.300 e. The normalized spacial score (nSPS) is 14.1. The fraction of sp³-hybridized carbons (Fsp3) is 0.143. The number of amides is 3. The Bertz CT molecular complexity index is 1060. The minimum atomic E-state index is -0.947. The van der Waals surface area contributed by atoms with Crippen molar-refractivity contribution in [2.75, 3.05) is 5.32 Å². The lowest BCUT2D eigenvalue weighted by molar-refractivity contribution is -0.119. The molecule has 0 spiro atoms. The van der Waals surface area contributed by atoms with Crippen LogP contribution in [0.4, 0.5) is 5.13 Å². The lowest BCUT2D eigenvalue weighted by Crippen LogP contribution is -2.45. The fourth-order valence-electron chi connectivity index (χ4n) is 3.20. The molecular weight excluding hydrogens is 374 g/mol. The van der Waals surface area contributed by atoms with Crippen molar-refractivity contribution >= 4 is 34.2 Å². The third kappa shape index (κ3) is 2.99. The molecule has 0 aliphatic carbocycles. The van der Waals surface area contributed by atoms with Gasteiger partial charge in [0.15, 0.2) is 5.13 Å². The molecule has 1 aliphatic rings. The van der Waals surface area contributed by atoms with Crippen LogP contribution in [0.1, 0.15) is 32.5 Å². The molecular formula is C21H17N3O3S. The number of carbonyl (C=O) groups excluding carboxylic acids is 3. The number of carbonyl (C=O) groups is 3. The van der Waals surface area contributed by atoms with E-state index in [0.29, 0.717) is 16.3 Å². The van der Waals surface area contributed by atoms with Crippen molar-refractivity contribution in [3.05, 3.63) is 70.6 Å². The van der Waals surface area contributed by atoms with E-state index in [9.17, 15) is 14.4 Å². The second-order valence-electron chi connectivity index (χ2n) is 6.48. The van der Waals surface area contributed by atoms with E-state index in [2.05, 4.69) is 10.3 Å². The molecule has 4 rings (SSSR count). The predicted octanol–water partition coefficient (Wildman–Crippen LogP) is 3.74. The van der Waals surface area contributed by atoms with Crippen molar-refractivity contribution in [3.8, 4) is 11.3 Å². The molecule has 6 nitrogen and oxygen atoms in total. The smallest absolute Gasteiger partial charge is 0.262 e. The number of hydrogen-bond donors (Lipinski definition) is 1. The van der Waals surface area contributed by atoms with Crippen LogP contribution in [-0.2, 0) is 4.79 Å². The van der Waals surface area contributed by atoms with E-state index in [0.717, 1.165) is 21.0 Å². The number of anilines is 1. The summed E-state index contributed by atoms with van der Waals surface area (Å²) in [5.74, 6) is -1.37. The zero-order valence-corrected chi connectivity index (χ0v) is 16.1. The van der Waals surface area contributed by atoms with Crippen LogP contribution >= 0.6 is 11.3 Å². The van der Waals surface area contributed by atoms with Crippen molar-refractivity contribution in [2.24, 2.45) is 0 Å². The molecule has 2 heterocycles. The maximum absolute atomic E-state index is 12.7. The van der Waals surface area contributed by atoms with Gasteiger partial charge >= 0.3 is 0 Å². The Morgan fingerprint density at radius 1 is 1.00 bits per heavy atom. The first-order valence-electron chi connectivity index (χ1n) is 8.78. The summed E-state index contributed by atoms with van der Waals surface area (Å²) in [7, 11) is 0. The van der Waals surface area contributed by atoms with Gasteiger partial charge in [-0.15, -0.1) is 11.3 Å². The summed E-state index contributed by atoms with van der Waals surface area (Å²) in [6.07, 6.45) is 0. The Morgan fingerprint density at radius 2 is 1.57 bits per heavy atom. The first-order valence-corrected chi connectivity index (χ1v) is 9.59. The summed E-state index contributed by atoms with van der Waals surface area (Å²) >= 11 is 1.35. The topological polar surface area (TPSA) is 79.4 Å². The number of hydrogen-bond acceptors (Lipinski definition) is 5. The Labute approximate surface area is 165 Å². The molecule has 0 saturated carbocycles. The number of nitrogens with one attached hydrogen (secondary N) is 1. The lowest BCUT2D eigenvalue weighted by atomic mass is 10.1. The summed E-state index contributed by atoms with van der Waals surface area (Å²) in [5.41, 5.74) is 2.41. The van der Waals surface area contributed by atoms with Crippen LogP contribution in [0.2, 0.25) is 0 Å². The Kier molecular flexibility index (Phi) is 4.52. The monoisotopic (exact) mass is 391 g/mol. The van der Waals surface area contributed by atoms with E-state index >= 15 is 0 Å². The van der Waals surface area contributed by atoms with Crippen molar-refractivity contribution in [3.63, 3.8) is 0 Å². The van der Waals surface area contributed by atoms with E-state index in [1.54, 1.807) is 24.3 Å². The van der Waals surface area contributed by atoms with E-state index < -0.39 is 23.8 Å². The lowest BCUT2D eigenvalue weighted by Gasteiger charge is -2.21. The van der Waals surface area contributed by atoms with Gasteiger partial charge < -0.3 is 5.32 Å². The molecule has 3 aromatic rings. The molecule has 1 N–H and O–H groups in total. The second kappa shape index (κ2) is 7.01.